The Labute approximate surface area is 148 Å². The van der Waals surface area contributed by atoms with Gasteiger partial charge in [-0.25, -0.2) is 15.4 Å². The molecule has 120 valence electrons. The van der Waals surface area contributed by atoms with Crippen molar-refractivity contribution in [1.29, 1.82) is 0 Å². The van der Waals surface area contributed by atoms with Gasteiger partial charge < -0.3 is 0 Å². The molecule has 0 aliphatic heterocycles. The SMILES string of the molecule is O=C(CSc1ncnc2ccccc12)N/N=C/c1ccc(Cl)cc1. The molecule has 0 aliphatic carbocycles. The van der Waals surface area contributed by atoms with Crippen LogP contribution < -0.4 is 5.43 Å². The fourth-order valence-electron chi connectivity index (χ4n) is 1.99. The number of thioether (sulfide) groups is 1. The number of hydrogen-bond acceptors (Lipinski definition) is 5. The van der Waals surface area contributed by atoms with E-state index in [9.17, 15) is 4.79 Å². The fraction of sp³-hybridized carbons (Fsp3) is 0.0588. The van der Waals surface area contributed by atoms with Gasteiger partial charge in [0.05, 0.1) is 17.5 Å². The number of carbonyl (C=O) groups excluding carboxylic acids is 1. The number of rotatable bonds is 5. The highest BCUT2D eigenvalue weighted by molar-refractivity contribution is 8.00. The van der Waals surface area contributed by atoms with Gasteiger partial charge in [-0.3, -0.25) is 4.79 Å². The van der Waals surface area contributed by atoms with E-state index < -0.39 is 0 Å². The zero-order chi connectivity index (χ0) is 16.8. The van der Waals surface area contributed by atoms with Crippen LogP contribution in [0, 0.1) is 0 Å². The minimum atomic E-state index is -0.201. The molecule has 1 N–H and O–H groups in total. The van der Waals surface area contributed by atoms with E-state index in [1.54, 1.807) is 18.3 Å². The van der Waals surface area contributed by atoms with E-state index >= 15 is 0 Å². The quantitative estimate of drug-likeness (QED) is 0.329. The number of aromatic nitrogens is 2. The maximum atomic E-state index is 11.9. The van der Waals surface area contributed by atoms with E-state index in [2.05, 4.69) is 20.5 Å². The number of fused-ring (bicyclic) bond motifs is 1. The van der Waals surface area contributed by atoms with E-state index in [1.807, 2.05) is 36.4 Å². The highest BCUT2D eigenvalue weighted by atomic mass is 35.5. The van der Waals surface area contributed by atoms with E-state index in [4.69, 9.17) is 11.6 Å². The topological polar surface area (TPSA) is 67.2 Å². The predicted molar refractivity (Wildman–Crippen MR) is 97.5 cm³/mol. The first kappa shape index (κ1) is 16.4. The Morgan fingerprint density at radius 2 is 1.96 bits per heavy atom. The Morgan fingerprint density at radius 1 is 1.17 bits per heavy atom. The molecule has 0 saturated heterocycles. The van der Waals surface area contributed by atoms with Gasteiger partial charge in [0, 0.05) is 10.4 Å². The lowest BCUT2D eigenvalue weighted by atomic mass is 10.2. The van der Waals surface area contributed by atoms with Crippen LogP contribution in [-0.4, -0.2) is 27.8 Å². The summed E-state index contributed by atoms with van der Waals surface area (Å²) in [5.74, 6) is 0.0202. The van der Waals surface area contributed by atoms with Crippen LogP contribution in [0.2, 0.25) is 5.02 Å². The maximum Gasteiger partial charge on any atom is 0.250 e. The second-order valence-corrected chi connectivity index (χ2v) is 6.23. The van der Waals surface area contributed by atoms with Gasteiger partial charge in [-0.1, -0.05) is 53.7 Å². The average molecular weight is 357 g/mol. The predicted octanol–water partition coefficient (Wildman–Crippen LogP) is 3.53. The molecule has 5 nitrogen and oxygen atoms in total. The van der Waals surface area contributed by atoms with E-state index in [0.717, 1.165) is 21.5 Å². The Kier molecular flexibility index (Phi) is 5.40. The van der Waals surface area contributed by atoms with Crippen LogP contribution in [0.3, 0.4) is 0 Å². The molecule has 1 heterocycles. The lowest BCUT2D eigenvalue weighted by Gasteiger charge is -2.03. The first-order valence-electron chi connectivity index (χ1n) is 7.12. The number of carbonyl (C=O) groups is 1. The Bertz CT molecular complexity index is 878. The molecule has 0 aliphatic rings. The summed E-state index contributed by atoms with van der Waals surface area (Å²) < 4.78 is 0. The molecule has 7 heteroatoms. The molecule has 0 atom stereocenters. The second-order valence-electron chi connectivity index (χ2n) is 4.83. The van der Waals surface area contributed by atoms with Crippen molar-refractivity contribution in [3.8, 4) is 0 Å². The third-order valence-electron chi connectivity index (χ3n) is 3.12. The molecule has 1 aromatic heterocycles. The van der Waals surface area contributed by atoms with Crippen LogP contribution in [0.25, 0.3) is 10.9 Å². The smallest absolute Gasteiger partial charge is 0.250 e. The third kappa shape index (κ3) is 4.31. The second kappa shape index (κ2) is 7.90. The van der Waals surface area contributed by atoms with Crippen molar-refractivity contribution in [3.05, 3.63) is 65.4 Å². The molecular weight excluding hydrogens is 344 g/mol. The maximum absolute atomic E-state index is 11.9. The minimum absolute atomic E-state index is 0.201. The zero-order valence-corrected chi connectivity index (χ0v) is 14.1. The van der Waals surface area contributed by atoms with Crippen molar-refractivity contribution in [2.24, 2.45) is 5.10 Å². The number of hydrazone groups is 1. The first-order chi connectivity index (χ1) is 11.7. The average Bonchev–Trinajstić information content (AvgIpc) is 2.61. The van der Waals surface area contributed by atoms with E-state index in [1.165, 1.54) is 18.1 Å². The molecule has 3 aromatic rings. The lowest BCUT2D eigenvalue weighted by molar-refractivity contribution is -0.118. The lowest BCUT2D eigenvalue weighted by Crippen LogP contribution is -2.19. The number of nitrogens with one attached hydrogen (secondary N) is 1. The summed E-state index contributed by atoms with van der Waals surface area (Å²) in [5, 5.41) is 6.30. The van der Waals surface area contributed by atoms with Crippen LogP contribution in [-0.2, 0) is 4.79 Å². The molecule has 0 spiro atoms. The largest absolute Gasteiger partial charge is 0.272 e. The van der Waals surface area contributed by atoms with Crippen LogP contribution in [0.1, 0.15) is 5.56 Å². The molecule has 0 unspecified atom stereocenters. The Balaban J connectivity index is 1.56. The number of amides is 1. The van der Waals surface area contributed by atoms with Gasteiger partial charge in [-0.05, 0) is 23.8 Å². The number of para-hydroxylation sites is 1. The van der Waals surface area contributed by atoms with E-state index in [0.29, 0.717) is 5.02 Å². The van der Waals surface area contributed by atoms with Gasteiger partial charge in [-0.2, -0.15) is 5.10 Å². The van der Waals surface area contributed by atoms with Gasteiger partial charge >= 0.3 is 0 Å². The molecule has 1 amide bonds. The Hall–Kier alpha value is -2.44. The summed E-state index contributed by atoms with van der Waals surface area (Å²) >= 11 is 7.16. The number of halogens is 1. The fourth-order valence-corrected chi connectivity index (χ4v) is 2.90. The molecule has 0 bridgehead atoms. The highest BCUT2D eigenvalue weighted by Crippen LogP contribution is 2.23. The minimum Gasteiger partial charge on any atom is -0.272 e. The normalized spacial score (nSPS) is 11.0. The summed E-state index contributed by atoms with van der Waals surface area (Å²) in [7, 11) is 0. The van der Waals surface area contributed by atoms with Crippen LogP contribution in [0.15, 0.2) is 65.0 Å². The monoisotopic (exact) mass is 356 g/mol. The van der Waals surface area contributed by atoms with Crippen molar-refractivity contribution >= 4 is 46.4 Å². The summed E-state index contributed by atoms with van der Waals surface area (Å²) in [4.78, 5) is 20.3. The summed E-state index contributed by atoms with van der Waals surface area (Å²) in [5.41, 5.74) is 4.21. The molecule has 3 rings (SSSR count). The molecule has 0 fully saturated rings. The summed E-state index contributed by atoms with van der Waals surface area (Å²) in [6.07, 6.45) is 3.07. The van der Waals surface area contributed by atoms with Crippen molar-refractivity contribution in [1.82, 2.24) is 15.4 Å². The summed E-state index contributed by atoms with van der Waals surface area (Å²) in [6, 6.07) is 14.9. The molecule has 0 radical (unpaired) electrons. The van der Waals surface area contributed by atoms with Gasteiger partial charge in [0.2, 0.25) is 5.91 Å². The van der Waals surface area contributed by atoms with Gasteiger partial charge in [0.15, 0.2) is 0 Å². The highest BCUT2D eigenvalue weighted by Gasteiger charge is 2.06. The van der Waals surface area contributed by atoms with Crippen molar-refractivity contribution in [2.75, 3.05) is 5.75 Å². The number of benzene rings is 2. The van der Waals surface area contributed by atoms with Crippen LogP contribution in [0.4, 0.5) is 0 Å². The molecular formula is C17H13ClN4OS. The first-order valence-corrected chi connectivity index (χ1v) is 8.49. The van der Waals surface area contributed by atoms with Crippen LogP contribution >= 0.6 is 23.4 Å². The van der Waals surface area contributed by atoms with Gasteiger partial charge in [0.25, 0.3) is 0 Å². The number of nitrogens with zero attached hydrogens (tertiary/aromatic N) is 3. The van der Waals surface area contributed by atoms with Crippen molar-refractivity contribution in [3.63, 3.8) is 0 Å². The molecule has 0 saturated carbocycles. The van der Waals surface area contributed by atoms with Crippen molar-refractivity contribution in [2.45, 2.75) is 5.03 Å². The number of hydrogen-bond donors (Lipinski definition) is 1. The zero-order valence-electron chi connectivity index (χ0n) is 12.5. The van der Waals surface area contributed by atoms with E-state index in [-0.39, 0.29) is 11.7 Å². The van der Waals surface area contributed by atoms with Gasteiger partial charge in [0.1, 0.15) is 11.4 Å². The van der Waals surface area contributed by atoms with Crippen LogP contribution in [0.5, 0.6) is 0 Å². The third-order valence-corrected chi connectivity index (χ3v) is 4.38. The molecule has 24 heavy (non-hydrogen) atoms. The molecule has 2 aromatic carbocycles. The Morgan fingerprint density at radius 3 is 2.79 bits per heavy atom. The summed E-state index contributed by atoms with van der Waals surface area (Å²) in [6.45, 7) is 0. The van der Waals surface area contributed by atoms with Gasteiger partial charge in [-0.15, -0.1) is 0 Å². The standard InChI is InChI=1S/C17H13ClN4OS/c18-13-7-5-12(6-8-13)9-21-22-16(23)10-24-17-14-3-1-2-4-15(14)19-11-20-17/h1-9,11H,10H2,(H,22,23)/b21-9+. The van der Waals surface area contributed by atoms with Crippen molar-refractivity contribution < 1.29 is 4.79 Å².